The molecule has 2 aliphatic heterocycles. The molecule has 2 saturated heterocycles. The highest BCUT2D eigenvalue weighted by Gasteiger charge is 2.53. The number of rotatable bonds is 5. The average molecular weight is 477 g/mol. The summed E-state index contributed by atoms with van der Waals surface area (Å²) < 4.78 is 24.7. The van der Waals surface area contributed by atoms with Gasteiger partial charge in [-0.1, -0.05) is 36.4 Å². The SMILES string of the molecule is CC1(C)OCC(C(O)C2OC(C)(C)OC2C(c2c[nH]c3ccccc23)c2c[nH]c3ccccc23)O1. The minimum Gasteiger partial charge on any atom is -0.387 e. The van der Waals surface area contributed by atoms with Gasteiger partial charge in [0, 0.05) is 40.1 Å². The number of para-hydroxylation sites is 2. The van der Waals surface area contributed by atoms with E-state index in [1.807, 2.05) is 64.4 Å². The van der Waals surface area contributed by atoms with Crippen LogP contribution in [0, 0.1) is 0 Å². The highest BCUT2D eigenvalue weighted by atomic mass is 16.8. The van der Waals surface area contributed by atoms with E-state index in [-0.39, 0.29) is 5.92 Å². The van der Waals surface area contributed by atoms with E-state index < -0.39 is 36.0 Å². The molecule has 2 aromatic carbocycles. The molecule has 4 aromatic rings. The van der Waals surface area contributed by atoms with Crippen molar-refractivity contribution < 1.29 is 24.1 Å². The Bertz CT molecular complexity index is 1280. The van der Waals surface area contributed by atoms with Crippen molar-refractivity contribution in [3.05, 3.63) is 72.1 Å². The van der Waals surface area contributed by atoms with Gasteiger partial charge < -0.3 is 34.0 Å². The van der Waals surface area contributed by atoms with E-state index in [9.17, 15) is 5.11 Å². The fraction of sp³-hybridized carbons (Fsp3) is 0.429. The first kappa shape index (κ1) is 22.8. The van der Waals surface area contributed by atoms with Gasteiger partial charge in [0.05, 0.1) is 6.61 Å². The number of benzene rings is 2. The van der Waals surface area contributed by atoms with E-state index in [1.165, 1.54) is 0 Å². The highest BCUT2D eigenvalue weighted by molar-refractivity contribution is 5.88. The molecule has 3 N–H and O–H groups in total. The molecule has 184 valence electrons. The third-order valence-electron chi connectivity index (χ3n) is 7.15. The van der Waals surface area contributed by atoms with Crippen LogP contribution in [-0.2, 0) is 18.9 Å². The summed E-state index contributed by atoms with van der Waals surface area (Å²) in [4.78, 5) is 6.84. The Morgan fingerprint density at radius 1 is 0.771 bits per heavy atom. The Kier molecular flexibility index (Phi) is 5.32. The van der Waals surface area contributed by atoms with Gasteiger partial charge >= 0.3 is 0 Å². The summed E-state index contributed by atoms with van der Waals surface area (Å²) in [6.45, 7) is 7.79. The van der Waals surface area contributed by atoms with E-state index in [2.05, 4.69) is 34.2 Å². The normalized spacial score (nSPS) is 26.7. The Morgan fingerprint density at radius 2 is 1.31 bits per heavy atom. The zero-order valence-corrected chi connectivity index (χ0v) is 20.4. The number of hydrogen-bond donors (Lipinski definition) is 3. The van der Waals surface area contributed by atoms with Crippen molar-refractivity contribution >= 4 is 21.8 Å². The standard InChI is InChI=1S/C28H32N2O5/c1-27(2)32-15-22(33-27)24(31)26-25(34-28(3,4)35-26)23(18-13-29-20-11-7-5-9-16(18)20)19-14-30-21-12-8-6-10-17(19)21/h5-14,22-26,29-31H,15H2,1-4H3. The summed E-state index contributed by atoms with van der Waals surface area (Å²) in [6.07, 6.45) is 1.56. The van der Waals surface area contributed by atoms with Crippen molar-refractivity contribution in [2.24, 2.45) is 0 Å². The first-order valence-corrected chi connectivity index (χ1v) is 12.2. The third kappa shape index (κ3) is 3.97. The van der Waals surface area contributed by atoms with Crippen molar-refractivity contribution in [2.75, 3.05) is 6.61 Å². The van der Waals surface area contributed by atoms with Crippen LogP contribution in [0.15, 0.2) is 60.9 Å². The predicted molar refractivity (Wildman–Crippen MR) is 133 cm³/mol. The molecule has 0 radical (unpaired) electrons. The third-order valence-corrected chi connectivity index (χ3v) is 7.15. The van der Waals surface area contributed by atoms with Crippen LogP contribution < -0.4 is 0 Å². The number of nitrogens with one attached hydrogen (secondary N) is 2. The molecule has 2 fully saturated rings. The van der Waals surface area contributed by atoms with Crippen LogP contribution >= 0.6 is 0 Å². The summed E-state index contributed by atoms with van der Waals surface area (Å²) >= 11 is 0. The second-order valence-corrected chi connectivity index (χ2v) is 10.5. The molecule has 7 nitrogen and oxygen atoms in total. The zero-order chi connectivity index (χ0) is 24.4. The maximum atomic E-state index is 11.5. The van der Waals surface area contributed by atoms with E-state index in [4.69, 9.17) is 18.9 Å². The second kappa shape index (κ2) is 8.18. The van der Waals surface area contributed by atoms with Crippen LogP contribution in [0.2, 0.25) is 0 Å². The number of aromatic nitrogens is 2. The van der Waals surface area contributed by atoms with Gasteiger partial charge in [0.15, 0.2) is 11.6 Å². The summed E-state index contributed by atoms with van der Waals surface area (Å²) in [6, 6.07) is 16.5. The largest absolute Gasteiger partial charge is 0.387 e. The average Bonchev–Trinajstić information content (AvgIpc) is 3.59. The Hall–Kier alpha value is -2.68. The quantitative estimate of drug-likeness (QED) is 0.385. The molecule has 0 spiro atoms. The second-order valence-electron chi connectivity index (χ2n) is 10.5. The highest BCUT2D eigenvalue weighted by Crippen LogP contribution is 2.45. The molecule has 4 atom stereocenters. The van der Waals surface area contributed by atoms with Gasteiger partial charge in [-0.15, -0.1) is 0 Å². The summed E-state index contributed by atoms with van der Waals surface area (Å²) in [5, 5.41) is 13.8. The maximum Gasteiger partial charge on any atom is 0.163 e. The van der Waals surface area contributed by atoms with Crippen LogP contribution in [0.25, 0.3) is 21.8 Å². The Labute approximate surface area is 204 Å². The van der Waals surface area contributed by atoms with Crippen LogP contribution in [-0.4, -0.2) is 57.7 Å². The van der Waals surface area contributed by atoms with Gasteiger partial charge in [-0.3, -0.25) is 0 Å². The first-order chi connectivity index (χ1) is 16.7. The minimum atomic E-state index is -0.929. The van der Waals surface area contributed by atoms with Crippen LogP contribution in [0.4, 0.5) is 0 Å². The van der Waals surface area contributed by atoms with Gasteiger partial charge in [0.25, 0.3) is 0 Å². The number of aliphatic hydroxyl groups excluding tert-OH is 1. The maximum absolute atomic E-state index is 11.5. The number of aliphatic hydroxyl groups is 1. The van der Waals surface area contributed by atoms with Gasteiger partial charge in [0.1, 0.15) is 24.4 Å². The Balaban J connectivity index is 1.49. The van der Waals surface area contributed by atoms with Crippen molar-refractivity contribution in [3.63, 3.8) is 0 Å². The van der Waals surface area contributed by atoms with E-state index in [0.29, 0.717) is 6.61 Å². The first-order valence-electron chi connectivity index (χ1n) is 12.2. The monoisotopic (exact) mass is 476 g/mol. The molecule has 35 heavy (non-hydrogen) atoms. The number of ether oxygens (including phenoxy) is 4. The van der Waals surface area contributed by atoms with Crippen molar-refractivity contribution in [1.82, 2.24) is 9.97 Å². The van der Waals surface area contributed by atoms with Gasteiger partial charge in [-0.25, -0.2) is 0 Å². The van der Waals surface area contributed by atoms with Crippen molar-refractivity contribution in [3.8, 4) is 0 Å². The zero-order valence-electron chi connectivity index (χ0n) is 20.4. The summed E-state index contributed by atoms with van der Waals surface area (Å²) in [5.74, 6) is -1.83. The lowest BCUT2D eigenvalue weighted by Crippen LogP contribution is -2.46. The summed E-state index contributed by atoms with van der Waals surface area (Å²) in [7, 11) is 0. The topological polar surface area (TPSA) is 88.7 Å². The van der Waals surface area contributed by atoms with Crippen molar-refractivity contribution in [2.45, 2.75) is 69.6 Å². The molecule has 2 aromatic heterocycles. The fourth-order valence-corrected chi connectivity index (χ4v) is 5.66. The molecule has 7 heteroatoms. The minimum absolute atomic E-state index is 0.209. The number of aromatic amines is 2. The van der Waals surface area contributed by atoms with Crippen molar-refractivity contribution in [1.29, 1.82) is 0 Å². The molecular weight excluding hydrogens is 444 g/mol. The smallest absolute Gasteiger partial charge is 0.163 e. The van der Waals surface area contributed by atoms with Crippen LogP contribution in [0.3, 0.4) is 0 Å². The predicted octanol–water partition coefficient (Wildman–Crippen LogP) is 4.81. The molecular formula is C28H32N2O5. The number of fused-ring (bicyclic) bond motifs is 2. The van der Waals surface area contributed by atoms with Crippen LogP contribution in [0.5, 0.6) is 0 Å². The van der Waals surface area contributed by atoms with Gasteiger partial charge in [-0.05, 0) is 51.0 Å². The lowest BCUT2D eigenvalue weighted by molar-refractivity contribution is -0.178. The van der Waals surface area contributed by atoms with Gasteiger partial charge in [0.2, 0.25) is 0 Å². The van der Waals surface area contributed by atoms with Crippen LogP contribution in [0.1, 0.15) is 44.7 Å². The number of hydrogen-bond acceptors (Lipinski definition) is 5. The molecule has 0 amide bonds. The molecule has 0 bridgehead atoms. The van der Waals surface area contributed by atoms with E-state index in [1.54, 1.807) is 0 Å². The lowest BCUT2D eigenvalue weighted by Gasteiger charge is -2.31. The molecule has 4 unspecified atom stereocenters. The van der Waals surface area contributed by atoms with Gasteiger partial charge in [-0.2, -0.15) is 0 Å². The molecule has 0 saturated carbocycles. The lowest BCUT2D eigenvalue weighted by atomic mass is 9.82. The molecule has 0 aliphatic carbocycles. The molecule has 6 rings (SSSR count). The molecule has 4 heterocycles. The van der Waals surface area contributed by atoms with E-state index in [0.717, 1.165) is 32.9 Å². The Morgan fingerprint density at radius 3 is 1.86 bits per heavy atom. The fourth-order valence-electron chi connectivity index (χ4n) is 5.66. The summed E-state index contributed by atoms with van der Waals surface area (Å²) in [5.41, 5.74) is 4.30. The van der Waals surface area contributed by atoms with E-state index >= 15 is 0 Å². The number of H-pyrrole nitrogens is 2. The molecule has 2 aliphatic rings.